The van der Waals surface area contributed by atoms with Gasteiger partial charge >= 0.3 is 0 Å². The topological polar surface area (TPSA) is 21.3 Å². The van der Waals surface area contributed by atoms with Crippen LogP contribution in [0.3, 0.4) is 0 Å². The fourth-order valence-electron chi connectivity index (χ4n) is 2.70. The standard InChI is InChI=1S/C17H18BrNO/c1-11-13(18)8-6-9-14(11)19-16-12-7-4-5-10-15(12)20-17(16,2)3/h4-10,16,19H,1-3H3. The summed E-state index contributed by atoms with van der Waals surface area (Å²) in [5.74, 6) is 0.975. The van der Waals surface area contributed by atoms with Crippen molar-refractivity contribution in [1.29, 1.82) is 0 Å². The van der Waals surface area contributed by atoms with Gasteiger partial charge in [-0.25, -0.2) is 0 Å². The SMILES string of the molecule is Cc1c(Br)cccc1NC1c2ccccc2OC1(C)C. The molecule has 0 fully saturated rings. The van der Waals surface area contributed by atoms with Crippen LogP contribution in [0.4, 0.5) is 5.69 Å². The van der Waals surface area contributed by atoms with Gasteiger partial charge in [0, 0.05) is 15.7 Å². The van der Waals surface area contributed by atoms with Crippen molar-refractivity contribution in [2.24, 2.45) is 0 Å². The van der Waals surface area contributed by atoms with Crippen molar-refractivity contribution >= 4 is 21.6 Å². The van der Waals surface area contributed by atoms with Crippen LogP contribution < -0.4 is 10.1 Å². The van der Waals surface area contributed by atoms with Gasteiger partial charge in [0.15, 0.2) is 0 Å². The summed E-state index contributed by atoms with van der Waals surface area (Å²) in [4.78, 5) is 0. The van der Waals surface area contributed by atoms with E-state index < -0.39 is 0 Å². The first-order chi connectivity index (χ1) is 9.49. The molecule has 1 N–H and O–H groups in total. The van der Waals surface area contributed by atoms with Crippen molar-refractivity contribution in [3.8, 4) is 5.75 Å². The van der Waals surface area contributed by atoms with Gasteiger partial charge in [0.25, 0.3) is 0 Å². The second-order valence-electron chi connectivity index (χ2n) is 5.73. The van der Waals surface area contributed by atoms with Gasteiger partial charge in [-0.15, -0.1) is 0 Å². The lowest BCUT2D eigenvalue weighted by Gasteiger charge is -2.28. The molecule has 1 aliphatic heterocycles. The van der Waals surface area contributed by atoms with Crippen LogP contribution in [0.15, 0.2) is 46.9 Å². The number of fused-ring (bicyclic) bond motifs is 1. The van der Waals surface area contributed by atoms with Gasteiger partial charge in [0.2, 0.25) is 0 Å². The average molecular weight is 332 g/mol. The number of para-hydroxylation sites is 1. The third kappa shape index (κ3) is 2.20. The van der Waals surface area contributed by atoms with Crippen LogP contribution >= 0.6 is 15.9 Å². The molecule has 2 aromatic carbocycles. The number of nitrogens with one attached hydrogen (secondary N) is 1. The van der Waals surface area contributed by atoms with Crippen molar-refractivity contribution in [2.45, 2.75) is 32.4 Å². The molecule has 0 saturated carbocycles. The summed E-state index contributed by atoms with van der Waals surface area (Å²) in [5.41, 5.74) is 3.31. The van der Waals surface area contributed by atoms with E-state index in [0.717, 1.165) is 15.9 Å². The minimum absolute atomic E-state index is 0.145. The van der Waals surface area contributed by atoms with Gasteiger partial charge in [0.05, 0.1) is 6.04 Å². The number of anilines is 1. The molecule has 104 valence electrons. The summed E-state index contributed by atoms with van der Waals surface area (Å²) in [6, 6.07) is 14.6. The Hall–Kier alpha value is -1.48. The van der Waals surface area contributed by atoms with E-state index in [9.17, 15) is 0 Å². The largest absolute Gasteiger partial charge is 0.485 e. The molecule has 3 rings (SSSR count). The molecule has 0 bridgehead atoms. The first-order valence-corrected chi connectivity index (χ1v) is 7.58. The maximum absolute atomic E-state index is 6.07. The zero-order valence-electron chi connectivity index (χ0n) is 11.9. The Kier molecular flexibility index (Phi) is 3.25. The number of halogens is 1. The normalized spacial score (nSPS) is 19.3. The molecule has 2 nitrogen and oxygen atoms in total. The maximum Gasteiger partial charge on any atom is 0.128 e. The highest BCUT2D eigenvalue weighted by Gasteiger charge is 2.41. The van der Waals surface area contributed by atoms with E-state index in [1.54, 1.807) is 0 Å². The molecule has 0 aliphatic carbocycles. The van der Waals surface area contributed by atoms with Gasteiger partial charge < -0.3 is 10.1 Å². The highest BCUT2D eigenvalue weighted by molar-refractivity contribution is 9.10. The molecular weight excluding hydrogens is 314 g/mol. The van der Waals surface area contributed by atoms with Crippen LogP contribution in [-0.2, 0) is 0 Å². The number of hydrogen-bond donors (Lipinski definition) is 1. The van der Waals surface area contributed by atoms with E-state index >= 15 is 0 Å². The second kappa shape index (κ2) is 4.81. The molecule has 0 radical (unpaired) electrons. The summed E-state index contributed by atoms with van der Waals surface area (Å²) in [6.07, 6.45) is 0. The first-order valence-electron chi connectivity index (χ1n) is 6.78. The average Bonchev–Trinajstić information content (AvgIpc) is 2.66. The highest BCUT2D eigenvalue weighted by atomic mass is 79.9. The molecule has 1 atom stereocenters. The third-order valence-electron chi connectivity index (χ3n) is 3.87. The van der Waals surface area contributed by atoms with E-state index in [0.29, 0.717) is 0 Å². The quantitative estimate of drug-likeness (QED) is 0.828. The maximum atomic E-state index is 6.07. The molecular formula is C17H18BrNO. The number of ether oxygens (including phenoxy) is 1. The molecule has 0 saturated heterocycles. The monoisotopic (exact) mass is 331 g/mol. The smallest absolute Gasteiger partial charge is 0.128 e. The van der Waals surface area contributed by atoms with Crippen molar-refractivity contribution in [2.75, 3.05) is 5.32 Å². The van der Waals surface area contributed by atoms with Crippen molar-refractivity contribution in [3.63, 3.8) is 0 Å². The van der Waals surface area contributed by atoms with Crippen LogP contribution in [0.25, 0.3) is 0 Å². The molecule has 20 heavy (non-hydrogen) atoms. The summed E-state index contributed by atoms with van der Waals surface area (Å²) in [7, 11) is 0. The fourth-order valence-corrected chi connectivity index (χ4v) is 3.07. The van der Waals surface area contributed by atoms with Gasteiger partial charge in [-0.1, -0.05) is 40.2 Å². The highest BCUT2D eigenvalue weighted by Crippen LogP contribution is 2.45. The summed E-state index contributed by atoms with van der Waals surface area (Å²) in [5, 5.41) is 3.64. The molecule has 1 unspecified atom stereocenters. The van der Waals surface area contributed by atoms with E-state index in [1.165, 1.54) is 11.1 Å². The molecule has 0 amide bonds. The molecule has 1 aliphatic rings. The van der Waals surface area contributed by atoms with Crippen LogP contribution in [0, 0.1) is 6.92 Å². The van der Waals surface area contributed by atoms with Gasteiger partial charge in [-0.3, -0.25) is 0 Å². The van der Waals surface area contributed by atoms with Gasteiger partial charge in [-0.05, 0) is 44.5 Å². The lowest BCUT2D eigenvalue weighted by atomic mass is 9.94. The molecule has 0 spiro atoms. The third-order valence-corrected chi connectivity index (χ3v) is 4.72. The van der Waals surface area contributed by atoms with E-state index in [-0.39, 0.29) is 11.6 Å². The zero-order valence-corrected chi connectivity index (χ0v) is 13.5. The lowest BCUT2D eigenvalue weighted by molar-refractivity contribution is 0.118. The number of rotatable bonds is 2. The molecule has 0 aromatic heterocycles. The minimum Gasteiger partial charge on any atom is -0.485 e. The summed E-state index contributed by atoms with van der Waals surface area (Å²) >= 11 is 3.58. The predicted octanol–water partition coefficient (Wildman–Crippen LogP) is 5.08. The van der Waals surface area contributed by atoms with E-state index in [2.05, 4.69) is 66.3 Å². The Morgan fingerprint density at radius 3 is 2.65 bits per heavy atom. The van der Waals surface area contributed by atoms with Gasteiger partial charge in [0.1, 0.15) is 11.4 Å². The van der Waals surface area contributed by atoms with Crippen LogP contribution in [0.5, 0.6) is 5.75 Å². The Labute approximate surface area is 128 Å². The van der Waals surface area contributed by atoms with Crippen LogP contribution in [-0.4, -0.2) is 5.60 Å². The molecule has 2 aromatic rings. The zero-order chi connectivity index (χ0) is 14.3. The van der Waals surface area contributed by atoms with Crippen LogP contribution in [0.2, 0.25) is 0 Å². The summed E-state index contributed by atoms with van der Waals surface area (Å²) in [6.45, 7) is 6.36. The van der Waals surface area contributed by atoms with Crippen molar-refractivity contribution in [3.05, 3.63) is 58.1 Å². The lowest BCUT2D eigenvalue weighted by Crippen LogP contribution is -2.34. The first kappa shape index (κ1) is 13.5. The Morgan fingerprint density at radius 2 is 1.85 bits per heavy atom. The van der Waals surface area contributed by atoms with E-state index in [4.69, 9.17) is 4.74 Å². The Morgan fingerprint density at radius 1 is 1.10 bits per heavy atom. The number of hydrogen-bond acceptors (Lipinski definition) is 2. The second-order valence-corrected chi connectivity index (χ2v) is 6.59. The molecule has 3 heteroatoms. The van der Waals surface area contributed by atoms with E-state index in [1.807, 2.05) is 18.2 Å². The van der Waals surface area contributed by atoms with Crippen molar-refractivity contribution in [1.82, 2.24) is 0 Å². The Bertz CT molecular complexity index is 651. The summed E-state index contributed by atoms with van der Waals surface area (Å²) < 4.78 is 7.19. The molecule has 1 heterocycles. The number of benzene rings is 2. The fraction of sp³-hybridized carbons (Fsp3) is 0.294. The van der Waals surface area contributed by atoms with Crippen LogP contribution in [0.1, 0.15) is 31.0 Å². The van der Waals surface area contributed by atoms with Crippen molar-refractivity contribution < 1.29 is 4.74 Å². The Balaban J connectivity index is 1.99. The van der Waals surface area contributed by atoms with Gasteiger partial charge in [-0.2, -0.15) is 0 Å². The minimum atomic E-state index is -0.265. The predicted molar refractivity (Wildman–Crippen MR) is 86.4 cm³/mol.